The van der Waals surface area contributed by atoms with Crippen molar-refractivity contribution >= 4 is 29.3 Å². The number of rotatable bonds is 7. The molecule has 1 aliphatic carbocycles. The zero-order valence-electron chi connectivity index (χ0n) is 14.5. The molecular weight excluding hydrogens is 382 g/mol. The van der Waals surface area contributed by atoms with Crippen LogP contribution in [0.1, 0.15) is 18.7 Å². The summed E-state index contributed by atoms with van der Waals surface area (Å²) < 4.78 is 5.76. The van der Waals surface area contributed by atoms with Gasteiger partial charge >= 0.3 is 0 Å². The molecule has 1 aromatic heterocycles. The standard InChI is InChI=1S/C20H18ClN3O2S/c21-15-8-6-14(7-9-15)20-23-22-18(26-20)12-24(16-10-11-16)19(25)13-27-17-4-2-1-3-5-17/h1-9,16H,10-13H2. The van der Waals surface area contributed by atoms with E-state index in [0.717, 1.165) is 23.3 Å². The average molecular weight is 400 g/mol. The van der Waals surface area contributed by atoms with Crippen LogP contribution in [0, 0.1) is 0 Å². The Hall–Kier alpha value is -2.31. The highest BCUT2D eigenvalue weighted by Gasteiger charge is 2.33. The van der Waals surface area contributed by atoms with Crippen molar-refractivity contribution in [2.24, 2.45) is 0 Å². The first-order valence-corrected chi connectivity index (χ1v) is 10.1. The van der Waals surface area contributed by atoms with Crippen LogP contribution in [0.3, 0.4) is 0 Å². The van der Waals surface area contributed by atoms with E-state index in [1.165, 1.54) is 0 Å². The summed E-state index contributed by atoms with van der Waals surface area (Å²) in [5.41, 5.74) is 0.807. The van der Waals surface area contributed by atoms with Crippen LogP contribution >= 0.6 is 23.4 Å². The number of carbonyl (C=O) groups excluding carboxylic acids is 1. The molecule has 0 atom stereocenters. The Balaban J connectivity index is 1.41. The number of thioether (sulfide) groups is 1. The first kappa shape index (κ1) is 18.1. The minimum Gasteiger partial charge on any atom is -0.419 e. The number of amides is 1. The fourth-order valence-corrected chi connectivity index (χ4v) is 3.66. The molecule has 2 aromatic carbocycles. The van der Waals surface area contributed by atoms with Gasteiger partial charge in [-0.15, -0.1) is 22.0 Å². The van der Waals surface area contributed by atoms with E-state index in [0.29, 0.717) is 29.1 Å². The molecule has 5 nitrogen and oxygen atoms in total. The van der Waals surface area contributed by atoms with Gasteiger partial charge in [0.2, 0.25) is 17.7 Å². The van der Waals surface area contributed by atoms with Gasteiger partial charge < -0.3 is 9.32 Å². The van der Waals surface area contributed by atoms with E-state index >= 15 is 0 Å². The lowest BCUT2D eigenvalue weighted by atomic mass is 10.2. The second-order valence-corrected chi connectivity index (χ2v) is 7.85. The van der Waals surface area contributed by atoms with Gasteiger partial charge in [-0.2, -0.15) is 0 Å². The summed E-state index contributed by atoms with van der Waals surface area (Å²) >= 11 is 7.46. The fourth-order valence-electron chi connectivity index (χ4n) is 2.72. The van der Waals surface area contributed by atoms with E-state index in [-0.39, 0.29) is 11.9 Å². The summed E-state index contributed by atoms with van der Waals surface area (Å²) in [5, 5.41) is 8.87. The molecule has 138 valence electrons. The smallest absolute Gasteiger partial charge is 0.247 e. The highest BCUT2D eigenvalue weighted by Crippen LogP contribution is 2.30. The summed E-state index contributed by atoms with van der Waals surface area (Å²) in [5.74, 6) is 1.38. The normalized spacial score (nSPS) is 13.5. The van der Waals surface area contributed by atoms with Gasteiger partial charge in [-0.05, 0) is 49.2 Å². The predicted molar refractivity (Wildman–Crippen MR) is 105 cm³/mol. The van der Waals surface area contributed by atoms with Crippen molar-refractivity contribution < 1.29 is 9.21 Å². The third-order valence-electron chi connectivity index (χ3n) is 4.28. The Morgan fingerprint density at radius 1 is 1.11 bits per heavy atom. The molecule has 0 bridgehead atoms. The molecule has 0 unspecified atom stereocenters. The maximum absolute atomic E-state index is 12.7. The second-order valence-electron chi connectivity index (χ2n) is 6.36. The Bertz CT molecular complexity index is 910. The summed E-state index contributed by atoms with van der Waals surface area (Å²) in [6, 6.07) is 17.4. The average Bonchev–Trinajstić information content (AvgIpc) is 3.43. The molecule has 7 heteroatoms. The summed E-state index contributed by atoms with van der Waals surface area (Å²) in [6.07, 6.45) is 2.06. The number of benzene rings is 2. The zero-order valence-corrected chi connectivity index (χ0v) is 16.1. The van der Waals surface area contributed by atoms with Crippen LogP contribution in [0.2, 0.25) is 5.02 Å². The van der Waals surface area contributed by atoms with Crippen LogP contribution in [0.25, 0.3) is 11.5 Å². The van der Waals surface area contributed by atoms with Gasteiger partial charge in [0.1, 0.15) is 0 Å². The molecule has 0 aliphatic heterocycles. The molecule has 27 heavy (non-hydrogen) atoms. The highest BCUT2D eigenvalue weighted by atomic mass is 35.5. The van der Waals surface area contributed by atoms with Crippen molar-refractivity contribution in [1.82, 2.24) is 15.1 Å². The van der Waals surface area contributed by atoms with Gasteiger partial charge in [0.05, 0.1) is 12.3 Å². The van der Waals surface area contributed by atoms with Crippen LogP contribution in [0.15, 0.2) is 63.9 Å². The lowest BCUT2D eigenvalue weighted by molar-refractivity contribution is -0.129. The maximum Gasteiger partial charge on any atom is 0.247 e. The Labute approximate surface area is 166 Å². The van der Waals surface area contributed by atoms with Crippen LogP contribution in [0.4, 0.5) is 0 Å². The molecule has 1 heterocycles. The number of halogens is 1. The van der Waals surface area contributed by atoms with Crippen molar-refractivity contribution in [3.05, 3.63) is 65.5 Å². The monoisotopic (exact) mass is 399 g/mol. The van der Waals surface area contributed by atoms with Gasteiger partial charge in [-0.25, -0.2) is 0 Å². The summed E-state index contributed by atoms with van der Waals surface area (Å²) in [7, 11) is 0. The Kier molecular flexibility index (Phi) is 5.45. The van der Waals surface area contributed by atoms with Crippen LogP contribution < -0.4 is 0 Å². The molecule has 1 saturated carbocycles. The van der Waals surface area contributed by atoms with E-state index in [9.17, 15) is 4.79 Å². The molecule has 1 amide bonds. The number of nitrogens with zero attached hydrogens (tertiary/aromatic N) is 3. The zero-order chi connectivity index (χ0) is 18.6. The Morgan fingerprint density at radius 2 is 1.85 bits per heavy atom. The third-order valence-corrected chi connectivity index (χ3v) is 5.53. The topological polar surface area (TPSA) is 59.2 Å². The van der Waals surface area contributed by atoms with Gasteiger partial charge in [0.25, 0.3) is 0 Å². The second kappa shape index (κ2) is 8.15. The lowest BCUT2D eigenvalue weighted by Gasteiger charge is -2.20. The minimum atomic E-state index is 0.0950. The molecule has 0 saturated heterocycles. The molecule has 0 N–H and O–H groups in total. The number of hydrogen-bond acceptors (Lipinski definition) is 5. The first-order valence-electron chi connectivity index (χ1n) is 8.75. The fraction of sp³-hybridized carbons (Fsp3) is 0.250. The quantitative estimate of drug-likeness (QED) is 0.540. The van der Waals surface area contributed by atoms with E-state index < -0.39 is 0 Å². The molecule has 4 rings (SSSR count). The number of aromatic nitrogens is 2. The third kappa shape index (κ3) is 4.70. The van der Waals surface area contributed by atoms with Crippen LogP contribution in [-0.4, -0.2) is 32.8 Å². The van der Waals surface area contributed by atoms with E-state index in [1.54, 1.807) is 23.9 Å². The van der Waals surface area contributed by atoms with Gasteiger partial charge in [-0.1, -0.05) is 29.8 Å². The van der Waals surface area contributed by atoms with E-state index in [4.69, 9.17) is 16.0 Å². The van der Waals surface area contributed by atoms with Crippen LogP contribution in [0.5, 0.6) is 0 Å². The van der Waals surface area contributed by atoms with Crippen molar-refractivity contribution in [2.75, 3.05) is 5.75 Å². The van der Waals surface area contributed by atoms with Crippen molar-refractivity contribution in [1.29, 1.82) is 0 Å². The van der Waals surface area contributed by atoms with Crippen molar-refractivity contribution in [3.63, 3.8) is 0 Å². The number of hydrogen-bond donors (Lipinski definition) is 0. The van der Waals surface area contributed by atoms with Gasteiger partial charge in [0.15, 0.2) is 0 Å². The molecule has 0 spiro atoms. The summed E-state index contributed by atoms with van der Waals surface area (Å²) in [6.45, 7) is 0.347. The molecule has 0 radical (unpaired) electrons. The van der Waals surface area contributed by atoms with Gasteiger partial charge in [0, 0.05) is 21.5 Å². The predicted octanol–water partition coefficient (Wildman–Crippen LogP) is 4.67. The molecule has 1 fully saturated rings. The molecule has 1 aliphatic rings. The lowest BCUT2D eigenvalue weighted by Crippen LogP contribution is -2.34. The van der Waals surface area contributed by atoms with E-state index in [2.05, 4.69) is 10.2 Å². The molecular formula is C20H18ClN3O2S. The minimum absolute atomic E-state index is 0.0950. The first-order chi connectivity index (χ1) is 13.2. The highest BCUT2D eigenvalue weighted by molar-refractivity contribution is 8.00. The maximum atomic E-state index is 12.7. The number of carbonyl (C=O) groups is 1. The largest absolute Gasteiger partial charge is 0.419 e. The van der Waals surface area contributed by atoms with E-state index in [1.807, 2.05) is 47.4 Å². The van der Waals surface area contributed by atoms with Crippen LogP contribution in [-0.2, 0) is 11.3 Å². The van der Waals surface area contributed by atoms with Crippen molar-refractivity contribution in [2.45, 2.75) is 30.3 Å². The molecule has 3 aromatic rings. The SMILES string of the molecule is O=C(CSc1ccccc1)N(Cc1nnc(-c2ccc(Cl)cc2)o1)C1CC1. The Morgan fingerprint density at radius 3 is 2.56 bits per heavy atom. The summed E-state index contributed by atoms with van der Waals surface area (Å²) in [4.78, 5) is 15.7. The van der Waals surface area contributed by atoms with Crippen molar-refractivity contribution in [3.8, 4) is 11.5 Å². The van der Waals surface area contributed by atoms with Gasteiger partial charge in [-0.3, -0.25) is 4.79 Å².